The molecule has 1 aromatic rings. The zero-order valence-corrected chi connectivity index (χ0v) is 12.0. The third kappa shape index (κ3) is 3.86. The van der Waals surface area contributed by atoms with E-state index in [2.05, 4.69) is 6.92 Å². The maximum absolute atomic E-state index is 10.9. The lowest BCUT2D eigenvalue weighted by molar-refractivity contribution is 0.0697. The number of hydrogen-bond donors (Lipinski definition) is 1. The van der Waals surface area contributed by atoms with Crippen molar-refractivity contribution in [1.29, 1.82) is 0 Å². The van der Waals surface area contributed by atoms with Gasteiger partial charge in [0.25, 0.3) is 0 Å². The predicted octanol–water partition coefficient (Wildman–Crippen LogP) is 4.27. The van der Waals surface area contributed by atoms with E-state index in [-0.39, 0.29) is 0 Å². The van der Waals surface area contributed by atoms with Crippen molar-refractivity contribution in [3.05, 3.63) is 40.6 Å². The number of carboxylic acids is 1. The summed E-state index contributed by atoms with van der Waals surface area (Å²) in [7, 11) is 0. The Bertz CT molecular complexity index is 503. The standard InChI is InChI=1S/C17H22O3/c1-2-3-4-5-10-20-16-9-8-13-11-15(17(18)19)7-6-14(13)12-16/h6-7,11-12H,2-5,8-10H2,1H3,(H,18,19). The van der Waals surface area contributed by atoms with Crippen molar-refractivity contribution < 1.29 is 14.6 Å². The fraction of sp³-hybridized carbons (Fsp3) is 0.471. The molecule has 20 heavy (non-hydrogen) atoms. The highest BCUT2D eigenvalue weighted by Crippen LogP contribution is 2.25. The van der Waals surface area contributed by atoms with Gasteiger partial charge >= 0.3 is 5.97 Å². The minimum Gasteiger partial charge on any atom is -0.498 e. The average Bonchev–Trinajstić information content (AvgIpc) is 2.46. The molecule has 0 fully saturated rings. The molecule has 1 aromatic carbocycles. The Kier molecular flexibility index (Phi) is 5.22. The fourth-order valence-electron chi connectivity index (χ4n) is 2.45. The highest BCUT2D eigenvalue weighted by atomic mass is 16.5. The highest BCUT2D eigenvalue weighted by Gasteiger charge is 2.13. The van der Waals surface area contributed by atoms with E-state index < -0.39 is 5.97 Å². The van der Waals surface area contributed by atoms with Gasteiger partial charge in [0, 0.05) is 6.42 Å². The number of aromatic carboxylic acids is 1. The van der Waals surface area contributed by atoms with Crippen molar-refractivity contribution in [3.8, 4) is 0 Å². The topological polar surface area (TPSA) is 46.5 Å². The lowest BCUT2D eigenvalue weighted by Gasteiger charge is -2.17. The van der Waals surface area contributed by atoms with E-state index in [0.29, 0.717) is 5.56 Å². The van der Waals surface area contributed by atoms with Crippen LogP contribution < -0.4 is 0 Å². The normalized spacial score (nSPS) is 13.6. The molecule has 0 atom stereocenters. The van der Waals surface area contributed by atoms with Gasteiger partial charge in [0.15, 0.2) is 0 Å². The summed E-state index contributed by atoms with van der Waals surface area (Å²) in [4.78, 5) is 10.9. The van der Waals surface area contributed by atoms with Gasteiger partial charge in [0.05, 0.1) is 17.9 Å². The van der Waals surface area contributed by atoms with Crippen LogP contribution in [0.15, 0.2) is 24.0 Å². The molecule has 0 amide bonds. The molecule has 0 radical (unpaired) electrons. The number of hydrogen-bond acceptors (Lipinski definition) is 2. The minimum absolute atomic E-state index is 0.362. The lowest BCUT2D eigenvalue weighted by atomic mass is 9.94. The van der Waals surface area contributed by atoms with Gasteiger partial charge in [-0.05, 0) is 42.2 Å². The van der Waals surface area contributed by atoms with E-state index in [0.717, 1.165) is 42.8 Å². The number of aryl methyl sites for hydroxylation is 1. The summed E-state index contributed by atoms with van der Waals surface area (Å²) in [6.07, 6.45) is 8.61. The van der Waals surface area contributed by atoms with Crippen LogP contribution in [0.1, 0.15) is 60.5 Å². The van der Waals surface area contributed by atoms with Crippen LogP contribution in [-0.4, -0.2) is 17.7 Å². The first-order chi connectivity index (χ1) is 9.70. The third-order valence-electron chi connectivity index (χ3n) is 3.63. The fourth-order valence-corrected chi connectivity index (χ4v) is 2.45. The molecule has 3 heteroatoms. The molecule has 0 heterocycles. The van der Waals surface area contributed by atoms with Gasteiger partial charge in [-0.2, -0.15) is 0 Å². The van der Waals surface area contributed by atoms with Crippen LogP contribution in [0.3, 0.4) is 0 Å². The Morgan fingerprint density at radius 3 is 2.85 bits per heavy atom. The van der Waals surface area contributed by atoms with E-state index >= 15 is 0 Å². The van der Waals surface area contributed by atoms with Crippen LogP contribution in [0.4, 0.5) is 0 Å². The Hall–Kier alpha value is -1.77. The molecule has 3 nitrogen and oxygen atoms in total. The maximum atomic E-state index is 10.9. The van der Waals surface area contributed by atoms with Crippen LogP contribution in [0.25, 0.3) is 6.08 Å². The first kappa shape index (κ1) is 14.6. The summed E-state index contributed by atoms with van der Waals surface area (Å²) in [5.41, 5.74) is 2.55. The molecular weight excluding hydrogens is 252 g/mol. The molecule has 0 saturated heterocycles. The van der Waals surface area contributed by atoms with E-state index in [1.165, 1.54) is 19.3 Å². The summed E-state index contributed by atoms with van der Waals surface area (Å²) >= 11 is 0. The molecule has 0 bridgehead atoms. The second kappa shape index (κ2) is 7.13. The Balaban J connectivity index is 1.93. The molecule has 0 aromatic heterocycles. The Labute approximate surface area is 120 Å². The zero-order valence-electron chi connectivity index (χ0n) is 12.0. The SMILES string of the molecule is CCCCCCOC1=Cc2ccc(C(=O)O)cc2CC1. The smallest absolute Gasteiger partial charge is 0.335 e. The second-order valence-corrected chi connectivity index (χ2v) is 5.24. The maximum Gasteiger partial charge on any atom is 0.335 e. The van der Waals surface area contributed by atoms with E-state index in [4.69, 9.17) is 9.84 Å². The molecule has 0 spiro atoms. The minimum atomic E-state index is -0.866. The van der Waals surface area contributed by atoms with Crippen molar-refractivity contribution in [3.63, 3.8) is 0 Å². The summed E-state index contributed by atoms with van der Waals surface area (Å²) in [5, 5.41) is 8.99. The van der Waals surface area contributed by atoms with Crippen LogP contribution in [0.2, 0.25) is 0 Å². The summed E-state index contributed by atoms with van der Waals surface area (Å²) < 4.78 is 5.81. The number of benzene rings is 1. The van der Waals surface area contributed by atoms with Crippen molar-refractivity contribution >= 4 is 12.0 Å². The van der Waals surface area contributed by atoms with Crippen molar-refractivity contribution in [2.45, 2.75) is 45.4 Å². The number of fused-ring (bicyclic) bond motifs is 1. The third-order valence-corrected chi connectivity index (χ3v) is 3.63. The molecule has 2 rings (SSSR count). The number of unbranched alkanes of at least 4 members (excludes halogenated alkanes) is 3. The van der Waals surface area contributed by atoms with E-state index in [9.17, 15) is 4.79 Å². The monoisotopic (exact) mass is 274 g/mol. The first-order valence-corrected chi connectivity index (χ1v) is 7.40. The molecule has 108 valence electrons. The largest absolute Gasteiger partial charge is 0.498 e. The Morgan fingerprint density at radius 2 is 2.10 bits per heavy atom. The second-order valence-electron chi connectivity index (χ2n) is 5.24. The van der Waals surface area contributed by atoms with Crippen molar-refractivity contribution in [1.82, 2.24) is 0 Å². The summed E-state index contributed by atoms with van der Waals surface area (Å²) in [6.45, 7) is 2.99. The van der Waals surface area contributed by atoms with Gasteiger partial charge in [-0.3, -0.25) is 0 Å². The molecule has 0 unspecified atom stereocenters. The van der Waals surface area contributed by atoms with Gasteiger partial charge in [-0.25, -0.2) is 4.79 Å². The quantitative estimate of drug-likeness (QED) is 0.755. The predicted molar refractivity (Wildman–Crippen MR) is 79.8 cm³/mol. The van der Waals surface area contributed by atoms with Gasteiger partial charge in [0.2, 0.25) is 0 Å². The number of allylic oxidation sites excluding steroid dienone is 1. The molecule has 1 aliphatic carbocycles. The lowest BCUT2D eigenvalue weighted by Crippen LogP contribution is -2.05. The van der Waals surface area contributed by atoms with E-state index in [1.54, 1.807) is 12.1 Å². The number of carboxylic acid groups (broad SMARTS) is 1. The number of carbonyl (C=O) groups is 1. The zero-order chi connectivity index (χ0) is 14.4. The van der Waals surface area contributed by atoms with E-state index in [1.807, 2.05) is 12.1 Å². The van der Waals surface area contributed by atoms with Crippen LogP contribution >= 0.6 is 0 Å². The summed E-state index contributed by atoms with van der Waals surface area (Å²) in [5.74, 6) is 0.159. The van der Waals surface area contributed by atoms with Crippen molar-refractivity contribution in [2.24, 2.45) is 0 Å². The van der Waals surface area contributed by atoms with Gasteiger partial charge in [-0.1, -0.05) is 32.3 Å². The van der Waals surface area contributed by atoms with Crippen molar-refractivity contribution in [2.75, 3.05) is 6.61 Å². The first-order valence-electron chi connectivity index (χ1n) is 7.40. The average molecular weight is 274 g/mol. The summed E-state index contributed by atoms with van der Waals surface area (Å²) in [6, 6.07) is 5.30. The molecule has 0 saturated carbocycles. The van der Waals surface area contributed by atoms with Gasteiger partial charge in [-0.15, -0.1) is 0 Å². The number of rotatable bonds is 7. The molecular formula is C17H22O3. The van der Waals surface area contributed by atoms with Crippen LogP contribution in [-0.2, 0) is 11.2 Å². The highest BCUT2D eigenvalue weighted by molar-refractivity contribution is 5.88. The van der Waals surface area contributed by atoms with Gasteiger partial charge in [0.1, 0.15) is 0 Å². The molecule has 1 aliphatic rings. The number of ether oxygens (including phenoxy) is 1. The van der Waals surface area contributed by atoms with Crippen LogP contribution in [0, 0.1) is 0 Å². The Morgan fingerprint density at radius 1 is 1.25 bits per heavy atom. The van der Waals surface area contributed by atoms with Crippen LogP contribution in [0.5, 0.6) is 0 Å². The molecule has 1 N–H and O–H groups in total. The molecule has 0 aliphatic heterocycles. The van der Waals surface area contributed by atoms with Gasteiger partial charge < -0.3 is 9.84 Å².